The summed E-state index contributed by atoms with van der Waals surface area (Å²) in [5.74, 6) is 0.758. The summed E-state index contributed by atoms with van der Waals surface area (Å²) in [5.41, 5.74) is 3.15. The van der Waals surface area contributed by atoms with Gasteiger partial charge in [-0.3, -0.25) is 0 Å². The number of aliphatic hydroxyl groups is 1. The molecule has 1 aliphatic rings. The molecule has 0 radical (unpaired) electrons. The maximum atomic E-state index is 8.52. The fourth-order valence-electron chi connectivity index (χ4n) is 1.65. The number of rotatable bonds is 3. The molecule has 68 valence electrons. The highest BCUT2D eigenvalue weighted by Gasteiger charge is 2.08. The minimum atomic E-state index is 0.242. The summed E-state index contributed by atoms with van der Waals surface area (Å²) in [4.78, 5) is 0. The first kappa shape index (κ1) is 9.57. The Balaban J connectivity index is 2.23. The first-order valence-corrected chi connectivity index (χ1v) is 4.95. The number of hydrogen-bond donors (Lipinski definition) is 1. The Hall–Kier alpha value is -0.520. The van der Waals surface area contributed by atoms with Crippen molar-refractivity contribution in [3.63, 3.8) is 0 Å². The smallest absolute Gasteiger partial charge is 0.0471 e. The second-order valence-electron chi connectivity index (χ2n) is 3.45. The molecular weight excluding hydrogens is 148 g/mol. The molecule has 0 saturated heterocycles. The van der Waals surface area contributed by atoms with Crippen LogP contribution in [0.5, 0.6) is 0 Å². The van der Waals surface area contributed by atoms with Crippen LogP contribution in [0.2, 0.25) is 0 Å². The summed E-state index contributed by atoms with van der Waals surface area (Å²) in [6, 6.07) is 0. The molecule has 0 aromatic heterocycles. The van der Waals surface area contributed by atoms with E-state index < -0.39 is 0 Å². The standard InChI is InChI=1S/C11H18O/c12-10-6-2-5-9-11-7-3-1-4-8-11/h2,9,11-12H,1,3-4,6-8,10H2. The van der Waals surface area contributed by atoms with Crippen LogP contribution in [0.4, 0.5) is 0 Å². The van der Waals surface area contributed by atoms with Crippen LogP contribution in [0.25, 0.3) is 0 Å². The summed E-state index contributed by atoms with van der Waals surface area (Å²) in [7, 11) is 0. The molecule has 1 rings (SSSR count). The van der Waals surface area contributed by atoms with Crippen LogP contribution in [0, 0.1) is 5.92 Å². The van der Waals surface area contributed by atoms with E-state index in [1.54, 1.807) is 0 Å². The van der Waals surface area contributed by atoms with Crippen LogP contribution in [0.3, 0.4) is 0 Å². The lowest BCUT2D eigenvalue weighted by molar-refractivity contribution is 0.302. The van der Waals surface area contributed by atoms with Gasteiger partial charge in [0.15, 0.2) is 0 Å². The van der Waals surface area contributed by atoms with Crippen molar-refractivity contribution in [3.05, 3.63) is 17.9 Å². The lowest BCUT2D eigenvalue weighted by Crippen LogP contribution is -2.01. The molecule has 1 fully saturated rings. The molecule has 0 spiro atoms. The van der Waals surface area contributed by atoms with Gasteiger partial charge >= 0.3 is 0 Å². The monoisotopic (exact) mass is 166 g/mol. The quantitative estimate of drug-likeness (QED) is 0.639. The zero-order chi connectivity index (χ0) is 8.65. The highest BCUT2D eigenvalue weighted by atomic mass is 16.2. The zero-order valence-corrected chi connectivity index (χ0v) is 7.63. The van der Waals surface area contributed by atoms with Gasteiger partial charge in [-0.05, 0) is 37.3 Å². The van der Waals surface area contributed by atoms with Crippen LogP contribution < -0.4 is 0 Å². The maximum Gasteiger partial charge on any atom is 0.0471 e. The first-order chi connectivity index (χ1) is 5.93. The van der Waals surface area contributed by atoms with Crippen molar-refractivity contribution in [1.82, 2.24) is 0 Å². The van der Waals surface area contributed by atoms with E-state index in [-0.39, 0.29) is 6.61 Å². The third-order valence-corrected chi connectivity index (χ3v) is 2.37. The van der Waals surface area contributed by atoms with E-state index in [2.05, 4.69) is 11.8 Å². The van der Waals surface area contributed by atoms with E-state index in [0.29, 0.717) is 0 Å². The zero-order valence-electron chi connectivity index (χ0n) is 7.63. The molecule has 1 saturated carbocycles. The van der Waals surface area contributed by atoms with E-state index >= 15 is 0 Å². The van der Waals surface area contributed by atoms with Gasteiger partial charge in [-0.25, -0.2) is 0 Å². The van der Waals surface area contributed by atoms with Crippen molar-refractivity contribution in [2.75, 3.05) is 6.61 Å². The molecule has 0 unspecified atom stereocenters. The van der Waals surface area contributed by atoms with Gasteiger partial charge in [0, 0.05) is 6.61 Å². The third kappa shape index (κ3) is 3.75. The highest BCUT2D eigenvalue weighted by molar-refractivity contribution is 4.90. The molecule has 12 heavy (non-hydrogen) atoms. The molecule has 0 aromatic rings. The Morgan fingerprint density at radius 3 is 2.67 bits per heavy atom. The topological polar surface area (TPSA) is 20.2 Å². The average molecular weight is 166 g/mol. The van der Waals surface area contributed by atoms with Crippen LogP contribution >= 0.6 is 0 Å². The molecule has 0 aliphatic heterocycles. The van der Waals surface area contributed by atoms with E-state index in [1.165, 1.54) is 32.1 Å². The van der Waals surface area contributed by atoms with Gasteiger partial charge in [0.1, 0.15) is 0 Å². The Morgan fingerprint density at radius 1 is 1.25 bits per heavy atom. The van der Waals surface area contributed by atoms with Crippen molar-refractivity contribution in [2.45, 2.75) is 38.5 Å². The molecule has 0 bridgehead atoms. The van der Waals surface area contributed by atoms with Gasteiger partial charge in [-0.1, -0.05) is 19.3 Å². The Bertz CT molecular complexity index is 160. The van der Waals surface area contributed by atoms with Crippen LogP contribution in [0.15, 0.2) is 17.9 Å². The van der Waals surface area contributed by atoms with E-state index in [9.17, 15) is 0 Å². The fraction of sp³-hybridized carbons (Fsp3) is 0.727. The normalized spacial score (nSPS) is 18.4. The summed E-state index contributed by atoms with van der Waals surface area (Å²) in [5, 5.41) is 8.52. The fourth-order valence-corrected chi connectivity index (χ4v) is 1.65. The van der Waals surface area contributed by atoms with Gasteiger partial charge in [0.25, 0.3) is 0 Å². The average Bonchev–Trinajstić information content (AvgIpc) is 2.14. The first-order valence-electron chi connectivity index (χ1n) is 4.95. The summed E-state index contributed by atoms with van der Waals surface area (Å²) < 4.78 is 0. The second kappa shape index (κ2) is 6.05. The molecule has 0 atom stereocenters. The molecular formula is C11H18O. The number of aliphatic hydroxyl groups excluding tert-OH is 1. The molecule has 1 heteroatoms. The molecule has 1 nitrogen and oxygen atoms in total. The van der Waals surface area contributed by atoms with Crippen LogP contribution in [-0.2, 0) is 0 Å². The largest absolute Gasteiger partial charge is 0.396 e. The summed E-state index contributed by atoms with van der Waals surface area (Å²) >= 11 is 0. The van der Waals surface area contributed by atoms with E-state index in [1.807, 2.05) is 6.08 Å². The van der Waals surface area contributed by atoms with Crippen LogP contribution in [-0.4, -0.2) is 11.7 Å². The van der Waals surface area contributed by atoms with E-state index in [4.69, 9.17) is 5.11 Å². The van der Waals surface area contributed by atoms with Gasteiger partial charge in [0.2, 0.25) is 0 Å². The minimum absolute atomic E-state index is 0.242. The van der Waals surface area contributed by atoms with Gasteiger partial charge < -0.3 is 5.11 Å². The van der Waals surface area contributed by atoms with Crippen molar-refractivity contribution >= 4 is 0 Å². The van der Waals surface area contributed by atoms with Crippen molar-refractivity contribution in [3.8, 4) is 0 Å². The van der Waals surface area contributed by atoms with Crippen molar-refractivity contribution in [1.29, 1.82) is 0 Å². The Morgan fingerprint density at radius 2 is 2.00 bits per heavy atom. The molecule has 0 aromatic carbocycles. The SMILES string of the molecule is OCCC=C=CC1CCCCC1. The molecule has 0 heterocycles. The third-order valence-electron chi connectivity index (χ3n) is 2.37. The predicted molar refractivity (Wildman–Crippen MR) is 50.9 cm³/mol. The predicted octanol–water partition coefficient (Wildman–Crippen LogP) is 2.66. The highest BCUT2D eigenvalue weighted by Crippen LogP contribution is 2.23. The van der Waals surface area contributed by atoms with Crippen molar-refractivity contribution < 1.29 is 5.11 Å². The molecule has 1 N–H and O–H groups in total. The lowest BCUT2D eigenvalue weighted by atomic mass is 9.89. The minimum Gasteiger partial charge on any atom is -0.396 e. The Labute approximate surface area is 74.8 Å². The Kier molecular flexibility index (Phi) is 4.82. The molecule has 1 aliphatic carbocycles. The van der Waals surface area contributed by atoms with Gasteiger partial charge in [-0.15, -0.1) is 5.73 Å². The van der Waals surface area contributed by atoms with Gasteiger partial charge in [-0.2, -0.15) is 0 Å². The number of hydrogen-bond acceptors (Lipinski definition) is 1. The summed E-state index contributed by atoms with van der Waals surface area (Å²) in [6.07, 6.45) is 11.7. The maximum absolute atomic E-state index is 8.52. The summed E-state index contributed by atoms with van der Waals surface area (Å²) in [6.45, 7) is 0.242. The molecule has 0 amide bonds. The van der Waals surface area contributed by atoms with Crippen molar-refractivity contribution in [2.24, 2.45) is 5.92 Å². The van der Waals surface area contributed by atoms with E-state index in [0.717, 1.165) is 12.3 Å². The second-order valence-corrected chi connectivity index (χ2v) is 3.45. The lowest BCUT2D eigenvalue weighted by Gasteiger charge is -2.16. The van der Waals surface area contributed by atoms with Crippen LogP contribution in [0.1, 0.15) is 38.5 Å². The van der Waals surface area contributed by atoms with Gasteiger partial charge in [0.05, 0.1) is 0 Å².